The summed E-state index contributed by atoms with van der Waals surface area (Å²) in [5, 5.41) is 2.87. The van der Waals surface area contributed by atoms with Crippen LogP contribution in [0, 0.1) is 6.92 Å². The van der Waals surface area contributed by atoms with Gasteiger partial charge in [-0.25, -0.2) is 15.0 Å². The second kappa shape index (κ2) is 5.46. The molecule has 0 aliphatic carbocycles. The SMILES string of the molecule is CCCc1nc(N)c(C)c(Sc2nccs2)n1. The van der Waals surface area contributed by atoms with Crippen LogP contribution in [0.4, 0.5) is 5.82 Å². The van der Waals surface area contributed by atoms with Gasteiger partial charge in [-0.3, -0.25) is 0 Å². The molecule has 2 rings (SSSR count). The number of hydrogen-bond acceptors (Lipinski definition) is 6. The van der Waals surface area contributed by atoms with E-state index in [0.717, 1.165) is 33.6 Å². The van der Waals surface area contributed by atoms with E-state index in [1.165, 1.54) is 0 Å². The van der Waals surface area contributed by atoms with E-state index >= 15 is 0 Å². The Bertz CT molecular complexity index is 496. The Morgan fingerprint density at radius 3 is 2.88 bits per heavy atom. The summed E-state index contributed by atoms with van der Waals surface area (Å²) in [6, 6.07) is 0. The first-order valence-corrected chi connectivity index (χ1v) is 7.10. The third-order valence-electron chi connectivity index (χ3n) is 2.25. The van der Waals surface area contributed by atoms with Crippen LogP contribution in [0.15, 0.2) is 20.9 Å². The van der Waals surface area contributed by atoms with Gasteiger partial charge in [0.05, 0.1) is 0 Å². The zero-order chi connectivity index (χ0) is 12.3. The molecule has 2 aromatic rings. The van der Waals surface area contributed by atoms with E-state index in [9.17, 15) is 0 Å². The fourth-order valence-electron chi connectivity index (χ4n) is 1.34. The predicted molar refractivity (Wildman–Crippen MR) is 71.4 cm³/mol. The quantitative estimate of drug-likeness (QED) is 0.862. The van der Waals surface area contributed by atoms with Crippen LogP contribution < -0.4 is 5.73 Å². The van der Waals surface area contributed by atoms with Crippen molar-refractivity contribution in [2.24, 2.45) is 0 Å². The number of nitrogen functional groups attached to an aromatic ring is 1. The van der Waals surface area contributed by atoms with Gasteiger partial charge < -0.3 is 5.73 Å². The number of aromatic nitrogens is 3. The van der Waals surface area contributed by atoms with Crippen molar-refractivity contribution >= 4 is 28.9 Å². The van der Waals surface area contributed by atoms with Crippen LogP contribution in [0.5, 0.6) is 0 Å². The second-order valence-corrected chi connectivity index (χ2v) is 5.74. The zero-order valence-electron chi connectivity index (χ0n) is 9.80. The molecular formula is C11H14N4S2. The maximum Gasteiger partial charge on any atom is 0.156 e. The molecule has 90 valence electrons. The molecule has 17 heavy (non-hydrogen) atoms. The Morgan fingerprint density at radius 1 is 1.41 bits per heavy atom. The Balaban J connectivity index is 2.31. The molecule has 0 aliphatic rings. The highest BCUT2D eigenvalue weighted by atomic mass is 32.2. The fourth-order valence-corrected chi connectivity index (χ4v) is 2.98. The first-order chi connectivity index (χ1) is 8.20. The summed E-state index contributed by atoms with van der Waals surface area (Å²) in [6.45, 7) is 4.05. The highest BCUT2D eigenvalue weighted by molar-refractivity contribution is 8.01. The number of nitrogens with zero attached hydrogens (tertiary/aromatic N) is 3. The molecule has 6 heteroatoms. The monoisotopic (exact) mass is 266 g/mol. The van der Waals surface area contributed by atoms with Gasteiger partial charge in [-0.15, -0.1) is 11.3 Å². The molecule has 4 nitrogen and oxygen atoms in total. The largest absolute Gasteiger partial charge is 0.383 e. The Morgan fingerprint density at radius 2 is 2.24 bits per heavy atom. The van der Waals surface area contributed by atoms with E-state index in [1.54, 1.807) is 29.3 Å². The minimum Gasteiger partial charge on any atom is -0.383 e. The van der Waals surface area contributed by atoms with Gasteiger partial charge in [-0.05, 0) is 25.1 Å². The summed E-state index contributed by atoms with van der Waals surface area (Å²) in [5.41, 5.74) is 6.83. The normalized spacial score (nSPS) is 10.7. The van der Waals surface area contributed by atoms with Crippen molar-refractivity contribution in [3.8, 4) is 0 Å². The number of anilines is 1. The maximum absolute atomic E-state index is 5.90. The average Bonchev–Trinajstić information content (AvgIpc) is 2.78. The molecule has 0 aromatic carbocycles. The van der Waals surface area contributed by atoms with Crippen molar-refractivity contribution in [3.63, 3.8) is 0 Å². The number of thiazole rings is 1. The lowest BCUT2D eigenvalue weighted by molar-refractivity contribution is 0.805. The molecule has 0 saturated heterocycles. The van der Waals surface area contributed by atoms with E-state index in [4.69, 9.17) is 5.73 Å². The van der Waals surface area contributed by atoms with Crippen LogP contribution in [0.25, 0.3) is 0 Å². The van der Waals surface area contributed by atoms with E-state index in [0.29, 0.717) is 5.82 Å². The molecule has 0 fully saturated rings. The van der Waals surface area contributed by atoms with Crippen molar-refractivity contribution < 1.29 is 0 Å². The van der Waals surface area contributed by atoms with Gasteiger partial charge in [-0.2, -0.15) is 0 Å². The third-order valence-corrected chi connectivity index (χ3v) is 4.23. The van der Waals surface area contributed by atoms with Crippen LogP contribution in [-0.2, 0) is 6.42 Å². The summed E-state index contributed by atoms with van der Waals surface area (Å²) in [7, 11) is 0. The molecule has 0 atom stereocenters. The van der Waals surface area contributed by atoms with Crippen molar-refractivity contribution in [2.75, 3.05) is 5.73 Å². The minimum atomic E-state index is 0.572. The highest BCUT2D eigenvalue weighted by Crippen LogP contribution is 2.31. The molecule has 0 spiro atoms. The fraction of sp³-hybridized carbons (Fsp3) is 0.364. The molecule has 0 aliphatic heterocycles. The minimum absolute atomic E-state index is 0.572. The lowest BCUT2D eigenvalue weighted by atomic mass is 10.3. The van der Waals surface area contributed by atoms with Crippen molar-refractivity contribution in [1.82, 2.24) is 15.0 Å². The first-order valence-electron chi connectivity index (χ1n) is 5.41. The van der Waals surface area contributed by atoms with Gasteiger partial charge in [0, 0.05) is 23.6 Å². The molecule has 2 heterocycles. The van der Waals surface area contributed by atoms with Crippen LogP contribution in [-0.4, -0.2) is 15.0 Å². The van der Waals surface area contributed by atoms with Crippen molar-refractivity contribution in [1.29, 1.82) is 0 Å². The average molecular weight is 266 g/mol. The van der Waals surface area contributed by atoms with Crippen LogP contribution in [0.1, 0.15) is 24.7 Å². The lowest BCUT2D eigenvalue weighted by Gasteiger charge is -2.07. The van der Waals surface area contributed by atoms with Crippen molar-refractivity contribution in [3.05, 3.63) is 23.0 Å². The molecule has 2 N–H and O–H groups in total. The van der Waals surface area contributed by atoms with Crippen LogP contribution >= 0.6 is 23.1 Å². The topological polar surface area (TPSA) is 64.7 Å². The van der Waals surface area contributed by atoms with Gasteiger partial charge in [0.2, 0.25) is 0 Å². The number of nitrogens with two attached hydrogens (primary N) is 1. The highest BCUT2D eigenvalue weighted by Gasteiger charge is 2.10. The van der Waals surface area contributed by atoms with Crippen LogP contribution in [0.3, 0.4) is 0 Å². The van der Waals surface area contributed by atoms with Crippen LogP contribution in [0.2, 0.25) is 0 Å². The molecule has 0 amide bonds. The molecule has 2 aromatic heterocycles. The van der Waals surface area contributed by atoms with E-state index in [1.807, 2.05) is 12.3 Å². The second-order valence-electron chi connectivity index (χ2n) is 3.61. The van der Waals surface area contributed by atoms with Gasteiger partial charge in [-0.1, -0.05) is 6.92 Å². The van der Waals surface area contributed by atoms with E-state index in [2.05, 4.69) is 21.9 Å². The van der Waals surface area contributed by atoms with Gasteiger partial charge in [0.1, 0.15) is 16.7 Å². The lowest BCUT2D eigenvalue weighted by Crippen LogP contribution is -2.04. The van der Waals surface area contributed by atoms with Gasteiger partial charge >= 0.3 is 0 Å². The molecule has 0 unspecified atom stereocenters. The Labute approximate surface area is 109 Å². The molecular weight excluding hydrogens is 252 g/mol. The smallest absolute Gasteiger partial charge is 0.156 e. The van der Waals surface area contributed by atoms with Gasteiger partial charge in [0.25, 0.3) is 0 Å². The molecule has 0 saturated carbocycles. The van der Waals surface area contributed by atoms with Gasteiger partial charge in [0.15, 0.2) is 4.34 Å². The number of rotatable bonds is 4. The third kappa shape index (κ3) is 2.95. The van der Waals surface area contributed by atoms with E-state index < -0.39 is 0 Å². The maximum atomic E-state index is 5.90. The summed E-state index contributed by atoms with van der Waals surface area (Å²) in [4.78, 5) is 13.1. The number of hydrogen-bond donors (Lipinski definition) is 1. The summed E-state index contributed by atoms with van der Waals surface area (Å²) >= 11 is 3.15. The Hall–Kier alpha value is -1.14. The molecule has 0 bridgehead atoms. The summed E-state index contributed by atoms with van der Waals surface area (Å²) < 4.78 is 0.980. The molecule has 0 radical (unpaired) electrons. The number of aryl methyl sites for hydroxylation is 1. The first kappa shape index (κ1) is 12.3. The van der Waals surface area contributed by atoms with Crippen molar-refractivity contribution in [2.45, 2.75) is 36.1 Å². The zero-order valence-corrected chi connectivity index (χ0v) is 11.4. The predicted octanol–water partition coefficient (Wildman–Crippen LogP) is 2.93. The van der Waals surface area contributed by atoms with E-state index in [-0.39, 0.29) is 0 Å². The Kier molecular flexibility index (Phi) is 3.96. The summed E-state index contributed by atoms with van der Waals surface area (Å²) in [5.74, 6) is 1.39. The summed E-state index contributed by atoms with van der Waals surface area (Å²) in [6.07, 6.45) is 3.67. The standard InChI is InChI=1S/C11H14N4S2/c1-3-4-8-14-9(12)7(2)10(15-8)17-11-13-5-6-16-11/h5-6H,3-4H2,1-2H3,(H2,12,14,15).